The Hall–Kier alpha value is -3.43. The summed E-state index contributed by atoms with van der Waals surface area (Å²) in [5, 5.41) is 0.902. The number of hydrogen-bond donors (Lipinski definition) is 2. The highest BCUT2D eigenvalue weighted by Crippen LogP contribution is 2.29. The molecule has 4 rings (SSSR count). The zero-order valence-electron chi connectivity index (χ0n) is 17.3. The van der Waals surface area contributed by atoms with Crippen molar-refractivity contribution in [2.24, 2.45) is 0 Å². The Balaban J connectivity index is 1.71. The number of ketones is 1. The fourth-order valence-corrected chi connectivity index (χ4v) is 4.56. The number of carbonyl (C=O) groups excluding carboxylic acids is 1. The van der Waals surface area contributed by atoms with Gasteiger partial charge in [0.25, 0.3) is 10.0 Å². The number of nitrogens with one attached hydrogen (secondary N) is 1. The molecule has 2 aromatic carbocycles. The van der Waals surface area contributed by atoms with Crippen LogP contribution in [-0.4, -0.2) is 28.7 Å². The number of hydrogen-bond acceptors (Lipinski definition) is 6. The standard InChI is InChI=1S/C22H20ClN5O3S/c1-13(2)28-11-18(19-21(24)25-12-26-22(19)28)20(29)14-4-3-5-16(10-14)27-32(30,31)17-8-6-15(23)7-9-17/h3-13,27H,1-2H3,(H2,24,25,26). The monoisotopic (exact) mass is 469 g/mol. The van der Waals surface area contributed by atoms with Gasteiger partial charge in [-0.1, -0.05) is 23.7 Å². The number of anilines is 2. The molecule has 0 unspecified atom stereocenters. The van der Waals surface area contributed by atoms with E-state index in [2.05, 4.69) is 14.7 Å². The first kappa shape index (κ1) is 21.8. The number of carbonyl (C=O) groups is 1. The summed E-state index contributed by atoms with van der Waals surface area (Å²) in [6, 6.07) is 12.1. The van der Waals surface area contributed by atoms with Gasteiger partial charge in [0.05, 0.1) is 15.8 Å². The van der Waals surface area contributed by atoms with Gasteiger partial charge in [0, 0.05) is 28.5 Å². The van der Waals surface area contributed by atoms with Crippen LogP contribution in [0.5, 0.6) is 0 Å². The average Bonchev–Trinajstić information content (AvgIpc) is 3.15. The second kappa shape index (κ2) is 8.25. The topological polar surface area (TPSA) is 120 Å². The molecule has 2 aromatic heterocycles. The van der Waals surface area contributed by atoms with Crippen molar-refractivity contribution < 1.29 is 13.2 Å². The molecular weight excluding hydrogens is 450 g/mol. The van der Waals surface area contributed by atoms with Crippen LogP contribution in [0.3, 0.4) is 0 Å². The molecule has 0 aliphatic heterocycles. The minimum atomic E-state index is -3.85. The number of nitrogen functional groups attached to an aromatic ring is 1. The third kappa shape index (κ3) is 4.04. The Morgan fingerprint density at radius 1 is 1.12 bits per heavy atom. The largest absolute Gasteiger partial charge is 0.383 e. The molecule has 0 bridgehead atoms. The van der Waals surface area contributed by atoms with Crippen LogP contribution in [0, 0.1) is 0 Å². The normalized spacial score (nSPS) is 11.8. The molecule has 10 heteroatoms. The highest BCUT2D eigenvalue weighted by molar-refractivity contribution is 7.92. The van der Waals surface area contributed by atoms with Crippen molar-refractivity contribution in [3.05, 3.63) is 77.2 Å². The Morgan fingerprint density at radius 3 is 2.53 bits per heavy atom. The summed E-state index contributed by atoms with van der Waals surface area (Å²) in [6.45, 7) is 3.94. The SMILES string of the molecule is CC(C)n1cc(C(=O)c2cccc(NS(=O)(=O)c3ccc(Cl)cc3)c2)c2c(N)ncnc21. The van der Waals surface area contributed by atoms with Gasteiger partial charge in [0.2, 0.25) is 0 Å². The van der Waals surface area contributed by atoms with E-state index in [-0.39, 0.29) is 28.2 Å². The van der Waals surface area contributed by atoms with Gasteiger partial charge in [-0.25, -0.2) is 18.4 Å². The van der Waals surface area contributed by atoms with Gasteiger partial charge >= 0.3 is 0 Å². The molecule has 0 fully saturated rings. The molecule has 0 atom stereocenters. The highest BCUT2D eigenvalue weighted by atomic mass is 35.5. The summed E-state index contributed by atoms with van der Waals surface area (Å²) in [5.74, 6) is -0.110. The summed E-state index contributed by atoms with van der Waals surface area (Å²) in [4.78, 5) is 21.7. The Bertz CT molecular complexity index is 1430. The first-order chi connectivity index (χ1) is 15.2. The Morgan fingerprint density at radius 2 is 1.84 bits per heavy atom. The number of nitrogens with zero attached hydrogens (tertiary/aromatic N) is 3. The molecular formula is C22H20ClN5O3S. The molecule has 4 aromatic rings. The van der Waals surface area contributed by atoms with E-state index in [9.17, 15) is 13.2 Å². The van der Waals surface area contributed by atoms with Gasteiger partial charge in [-0.3, -0.25) is 9.52 Å². The van der Waals surface area contributed by atoms with E-state index in [1.807, 2.05) is 18.4 Å². The molecule has 32 heavy (non-hydrogen) atoms. The number of fused-ring (bicyclic) bond motifs is 1. The maximum Gasteiger partial charge on any atom is 0.261 e. The van der Waals surface area contributed by atoms with Crippen LogP contribution < -0.4 is 10.5 Å². The number of sulfonamides is 1. The van der Waals surface area contributed by atoms with E-state index in [4.69, 9.17) is 17.3 Å². The van der Waals surface area contributed by atoms with Crippen LogP contribution in [0.25, 0.3) is 11.0 Å². The van der Waals surface area contributed by atoms with E-state index in [0.29, 0.717) is 27.2 Å². The fraction of sp³-hybridized carbons (Fsp3) is 0.136. The van der Waals surface area contributed by atoms with Gasteiger partial charge < -0.3 is 10.3 Å². The van der Waals surface area contributed by atoms with Crippen molar-refractivity contribution >= 4 is 49.9 Å². The summed E-state index contributed by atoms with van der Waals surface area (Å²) < 4.78 is 29.7. The summed E-state index contributed by atoms with van der Waals surface area (Å²) in [5.41, 5.74) is 7.52. The molecule has 0 radical (unpaired) electrons. The van der Waals surface area contributed by atoms with Crippen molar-refractivity contribution in [3.8, 4) is 0 Å². The number of halogens is 1. The number of nitrogens with two attached hydrogens (primary N) is 1. The lowest BCUT2D eigenvalue weighted by Gasteiger charge is -2.09. The maximum atomic E-state index is 13.4. The molecule has 0 saturated carbocycles. The van der Waals surface area contributed by atoms with E-state index in [1.54, 1.807) is 24.4 Å². The highest BCUT2D eigenvalue weighted by Gasteiger charge is 2.22. The van der Waals surface area contributed by atoms with Crippen molar-refractivity contribution in [2.75, 3.05) is 10.5 Å². The predicted octanol–water partition coefficient (Wildman–Crippen LogP) is 4.28. The third-order valence-electron chi connectivity index (χ3n) is 4.94. The van der Waals surface area contributed by atoms with E-state index >= 15 is 0 Å². The Labute approximate surface area is 190 Å². The second-order valence-corrected chi connectivity index (χ2v) is 9.59. The van der Waals surface area contributed by atoms with Crippen molar-refractivity contribution in [3.63, 3.8) is 0 Å². The number of aromatic nitrogens is 3. The molecule has 0 spiro atoms. The molecule has 0 aliphatic rings. The van der Waals surface area contributed by atoms with E-state index < -0.39 is 10.0 Å². The lowest BCUT2D eigenvalue weighted by molar-refractivity contribution is 0.104. The minimum absolute atomic E-state index is 0.0471. The molecule has 8 nitrogen and oxygen atoms in total. The zero-order chi connectivity index (χ0) is 23.0. The lowest BCUT2D eigenvalue weighted by Crippen LogP contribution is -2.13. The first-order valence-corrected chi connectivity index (χ1v) is 11.6. The zero-order valence-corrected chi connectivity index (χ0v) is 18.9. The van der Waals surface area contributed by atoms with Crippen LogP contribution in [0.15, 0.2) is 66.0 Å². The quantitative estimate of drug-likeness (QED) is 0.406. The van der Waals surface area contributed by atoms with Crippen molar-refractivity contribution in [1.29, 1.82) is 0 Å². The van der Waals surface area contributed by atoms with E-state index in [0.717, 1.165) is 0 Å². The smallest absolute Gasteiger partial charge is 0.261 e. The summed E-state index contributed by atoms with van der Waals surface area (Å²) in [7, 11) is -3.85. The van der Waals surface area contributed by atoms with Crippen molar-refractivity contribution in [1.82, 2.24) is 14.5 Å². The minimum Gasteiger partial charge on any atom is -0.383 e. The first-order valence-electron chi connectivity index (χ1n) is 9.71. The molecule has 0 saturated heterocycles. The molecule has 3 N–H and O–H groups in total. The number of rotatable bonds is 6. The van der Waals surface area contributed by atoms with Crippen LogP contribution >= 0.6 is 11.6 Å². The number of benzene rings is 2. The third-order valence-corrected chi connectivity index (χ3v) is 6.59. The predicted molar refractivity (Wildman–Crippen MR) is 124 cm³/mol. The van der Waals surface area contributed by atoms with Gasteiger partial charge in [0.15, 0.2) is 5.78 Å². The van der Waals surface area contributed by atoms with Crippen LogP contribution in [0.4, 0.5) is 11.5 Å². The summed E-state index contributed by atoms with van der Waals surface area (Å²) >= 11 is 5.84. The second-order valence-electron chi connectivity index (χ2n) is 7.47. The summed E-state index contributed by atoms with van der Waals surface area (Å²) in [6.07, 6.45) is 3.06. The van der Waals surface area contributed by atoms with Crippen LogP contribution in [0.1, 0.15) is 35.8 Å². The van der Waals surface area contributed by atoms with E-state index in [1.165, 1.54) is 36.7 Å². The fourth-order valence-electron chi connectivity index (χ4n) is 3.38. The Kier molecular flexibility index (Phi) is 5.62. The van der Waals surface area contributed by atoms with Gasteiger partial charge in [-0.2, -0.15) is 0 Å². The van der Waals surface area contributed by atoms with Crippen molar-refractivity contribution in [2.45, 2.75) is 24.8 Å². The molecule has 2 heterocycles. The average molecular weight is 470 g/mol. The van der Waals surface area contributed by atoms with Crippen LogP contribution in [0.2, 0.25) is 5.02 Å². The van der Waals surface area contributed by atoms with Gasteiger partial charge in [-0.15, -0.1) is 0 Å². The molecule has 0 aliphatic carbocycles. The van der Waals surface area contributed by atoms with Crippen LogP contribution in [-0.2, 0) is 10.0 Å². The lowest BCUT2D eigenvalue weighted by atomic mass is 10.0. The van der Waals surface area contributed by atoms with Gasteiger partial charge in [-0.05, 0) is 50.2 Å². The molecule has 0 amide bonds. The molecule has 164 valence electrons. The van der Waals surface area contributed by atoms with Gasteiger partial charge in [0.1, 0.15) is 17.8 Å². The maximum absolute atomic E-state index is 13.4.